The van der Waals surface area contributed by atoms with Gasteiger partial charge in [-0.1, -0.05) is 48.5 Å². The molecule has 1 aliphatic heterocycles. The number of imidazole rings is 1. The molecule has 2 heterocycles. The summed E-state index contributed by atoms with van der Waals surface area (Å²) in [5, 5.41) is 0. The Bertz CT molecular complexity index is 1190. The van der Waals surface area contributed by atoms with Gasteiger partial charge >= 0.3 is 0 Å². The highest BCUT2D eigenvalue weighted by Crippen LogP contribution is 2.20. The number of hydrogen-bond donors (Lipinski definition) is 1. The molecular weight excluding hydrogens is 384 g/mol. The minimum atomic E-state index is 0.110. The van der Waals surface area contributed by atoms with Gasteiger partial charge in [0, 0.05) is 31.7 Å². The van der Waals surface area contributed by atoms with Gasteiger partial charge in [-0.3, -0.25) is 9.69 Å². The van der Waals surface area contributed by atoms with Crippen LogP contribution < -0.4 is 0 Å². The van der Waals surface area contributed by atoms with Crippen molar-refractivity contribution in [1.82, 2.24) is 19.8 Å². The first-order valence-corrected chi connectivity index (χ1v) is 10.8. The van der Waals surface area contributed by atoms with E-state index in [4.69, 9.17) is 4.98 Å². The first kappa shape index (κ1) is 19.5. The average molecular weight is 411 g/mol. The smallest absolute Gasteiger partial charge is 0.253 e. The van der Waals surface area contributed by atoms with E-state index >= 15 is 0 Å². The van der Waals surface area contributed by atoms with Crippen LogP contribution in [-0.4, -0.2) is 51.9 Å². The molecule has 0 aliphatic carbocycles. The third-order valence-corrected chi connectivity index (χ3v) is 5.96. The van der Waals surface area contributed by atoms with Gasteiger partial charge in [0.25, 0.3) is 5.91 Å². The van der Waals surface area contributed by atoms with E-state index < -0.39 is 0 Å². The number of amides is 1. The van der Waals surface area contributed by atoms with Gasteiger partial charge in [0.15, 0.2) is 0 Å². The van der Waals surface area contributed by atoms with E-state index in [1.54, 1.807) is 0 Å². The van der Waals surface area contributed by atoms with Crippen molar-refractivity contribution in [2.45, 2.75) is 13.5 Å². The van der Waals surface area contributed by atoms with Crippen molar-refractivity contribution in [2.24, 2.45) is 0 Å². The minimum absolute atomic E-state index is 0.110. The Balaban J connectivity index is 1.19. The van der Waals surface area contributed by atoms with Crippen LogP contribution in [0.2, 0.25) is 0 Å². The highest BCUT2D eigenvalue weighted by atomic mass is 16.2. The number of piperazine rings is 1. The van der Waals surface area contributed by atoms with Crippen molar-refractivity contribution >= 4 is 16.9 Å². The van der Waals surface area contributed by atoms with Crippen LogP contribution in [0.5, 0.6) is 0 Å². The highest BCUT2D eigenvalue weighted by Gasteiger charge is 2.22. The monoisotopic (exact) mass is 410 g/mol. The van der Waals surface area contributed by atoms with Crippen LogP contribution in [0.15, 0.2) is 72.8 Å². The Morgan fingerprint density at radius 3 is 2.35 bits per heavy atom. The molecule has 1 amide bonds. The lowest BCUT2D eigenvalue weighted by Gasteiger charge is -2.34. The number of H-pyrrole nitrogens is 1. The Hall–Kier alpha value is -3.44. The van der Waals surface area contributed by atoms with Crippen molar-refractivity contribution < 1.29 is 4.79 Å². The molecule has 1 fully saturated rings. The lowest BCUT2D eigenvalue weighted by molar-refractivity contribution is 0.0626. The third kappa shape index (κ3) is 4.23. The van der Waals surface area contributed by atoms with Gasteiger partial charge < -0.3 is 9.88 Å². The van der Waals surface area contributed by atoms with E-state index in [9.17, 15) is 4.79 Å². The van der Waals surface area contributed by atoms with Crippen molar-refractivity contribution in [3.8, 4) is 11.1 Å². The van der Waals surface area contributed by atoms with Crippen LogP contribution >= 0.6 is 0 Å². The van der Waals surface area contributed by atoms with E-state index in [2.05, 4.69) is 47.1 Å². The van der Waals surface area contributed by atoms with Crippen LogP contribution in [0.4, 0.5) is 0 Å². The summed E-state index contributed by atoms with van der Waals surface area (Å²) in [6.07, 6.45) is 0. The van der Waals surface area contributed by atoms with Gasteiger partial charge in [-0.15, -0.1) is 0 Å². The van der Waals surface area contributed by atoms with Crippen LogP contribution in [0.1, 0.15) is 21.7 Å². The summed E-state index contributed by atoms with van der Waals surface area (Å²) in [5.41, 5.74) is 6.36. The molecule has 0 bridgehead atoms. The number of nitrogens with zero attached hydrogens (tertiary/aromatic N) is 3. The Morgan fingerprint density at radius 1 is 0.903 bits per heavy atom. The fourth-order valence-corrected chi connectivity index (χ4v) is 4.19. The predicted molar refractivity (Wildman–Crippen MR) is 124 cm³/mol. The van der Waals surface area contributed by atoms with Gasteiger partial charge in [-0.2, -0.15) is 0 Å². The number of hydrogen-bond acceptors (Lipinski definition) is 3. The summed E-state index contributed by atoms with van der Waals surface area (Å²) in [6, 6.07) is 24.4. The molecule has 4 aromatic rings. The van der Waals surface area contributed by atoms with Crippen molar-refractivity contribution in [3.05, 3.63) is 89.7 Å². The first-order valence-electron chi connectivity index (χ1n) is 10.8. The lowest BCUT2D eigenvalue weighted by atomic mass is 10.0. The number of aromatic amines is 1. The second kappa shape index (κ2) is 8.36. The Labute approximate surface area is 182 Å². The molecule has 0 unspecified atom stereocenters. The van der Waals surface area contributed by atoms with Crippen molar-refractivity contribution in [3.63, 3.8) is 0 Å². The fourth-order valence-electron chi connectivity index (χ4n) is 4.19. The SMILES string of the molecule is Cc1ccc2nc(CN3CCN(C(=O)c4ccc(-c5ccccc5)cc4)CC3)[nH]c2c1. The second-order valence-electron chi connectivity index (χ2n) is 8.22. The van der Waals surface area contributed by atoms with Crippen molar-refractivity contribution in [1.29, 1.82) is 0 Å². The highest BCUT2D eigenvalue weighted by molar-refractivity contribution is 5.94. The summed E-state index contributed by atoms with van der Waals surface area (Å²) >= 11 is 0. The number of aromatic nitrogens is 2. The first-order chi connectivity index (χ1) is 15.2. The molecule has 1 N–H and O–H groups in total. The fraction of sp³-hybridized carbons (Fsp3) is 0.231. The molecule has 5 heteroatoms. The lowest BCUT2D eigenvalue weighted by Crippen LogP contribution is -2.48. The molecule has 5 nitrogen and oxygen atoms in total. The maximum atomic E-state index is 13.0. The van der Waals surface area contributed by atoms with Crippen LogP contribution in [0.25, 0.3) is 22.2 Å². The average Bonchev–Trinajstić information content (AvgIpc) is 3.21. The van der Waals surface area contributed by atoms with Crippen LogP contribution in [0, 0.1) is 6.92 Å². The number of carbonyl (C=O) groups is 1. The topological polar surface area (TPSA) is 52.2 Å². The molecule has 3 aromatic carbocycles. The molecule has 1 aromatic heterocycles. The zero-order valence-electron chi connectivity index (χ0n) is 17.7. The summed E-state index contributed by atoms with van der Waals surface area (Å²) in [5.74, 6) is 1.09. The van der Waals surface area contributed by atoms with E-state index in [1.807, 2.05) is 47.4 Å². The number of benzene rings is 3. The van der Waals surface area contributed by atoms with Gasteiger partial charge in [0.05, 0.1) is 17.6 Å². The summed E-state index contributed by atoms with van der Waals surface area (Å²) in [4.78, 5) is 25.4. The largest absolute Gasteiger partial charge is 0.341 e. The van der Waals surface area contributed by atoms with E-state index in [1.165, 1.54) is 5.56 Å². The van der Waals surface area contributed by atoms with Crippen molar-refractivity contribution in [2.75, 3.05) is 26.2 Å². The number of fused-ring (bicyclic) bond motifs is 1. The molecular formula is C26H26N4O. The molecule has 5 rings (SSSR count). The quantitative estimate of drug-likeness (QED) is 0.539. The number of carbonyl (C=O) groups excluding carboxylic acids is 1. The van der Waals surface area contributed by atoms with Crippen LogP contribution in [0.3, 0.4) is 0 Å². The summed E-state index contributed by atoms with van der Waals surface area (Å²) in [6.45, 7) is 6.04. The molecule has 156 valence electrons. The Morgan fingerprint density at radius 2 is 1.61 bits per heavy atom. The standard InChI is InChI=1S/C26H26N4O/c1-19-7-12-23-24(17-19)28-25(27-23)18-29-13-15-30(16-14-29)26(31)22-10-8-21(9-11-22)20-5-3-2-4-6-20/h2-12,17H,13-16,18H2,1H3,(H,27,28). The minimum Gasteiger partial charge on any atom is -0.341 e. The zero-order chi connectivity index (χ0) is 21.2. The van der Waals surface area contributed by atoms with Crippen LogP contribution in [-0.2, 0) is 6.54 Å². The molecule has 1 aliphatic rings. The van der Waals surface area contributed by atoms with Gasteiger partial charge in [-0.25, -0.2) is 4.98 Å². The number of nitrogens with one attached hydrogen (secondary N) is 1. The van der Waals surface area contributed by atoms with Gasteiger partial charge in [0.2, 0.25) is 0 Å². The molecule has 31 heavy (non-hydrogen) atoms. The number of rotatable bonds is 4. The maximum absolute atomic E-state index is 13.0. The normalized spacial score (nSPS) is 14.8. The molecule has 0 saturated carbocycles. The Kier molecular flexibility index (Phi) is 5.26. The second-order valence-corrected chi connectivity index (χ2v) is 8.22. The maximum Gasteiger partial charge on any atom is 0.253 e. The van der Waals surface area contributed by atoms with E-state index in [0.717, 1.165) is 66.3 Å². The van der Waals surface area contributed by atoms with Gasteiger partial charge in [0.1, 0.15) is 5.82 Å². The molecule has 0 spiro atoms. The predicted octanol–water partition coefficient (Wildman–Crippen LogP) is 4.50. The number of aryl methyl sites for hydroxylation is 1. The third-order valence-electron chi connectivity index (χ3n) is 5.96. The van der Waals surface area contributed by atoms with E-state index in [0.29, 0.717) is 0 Å². The summed E-state index contributed by atoms with van der Waals surface area (Å²) in [7, 11) is 0. The molecule has 0 radical (unpaired) electrons. The van der Waals surface area contributed by atoms with E-state index in [-0.39, 0.29) is 5.91 Å². The molecule has 1 saturated heterocycles. The molecule has 0 atom stereocenters. The summed E-state index contributed by atoms with van der Waals surface area (Å²) < 4.78 is 0. The van der Waals surface area contributed by atoms with Gasteiger partial charge in [-0.05, 0) is 47.9 Å². The zero-order valence-corrected chi connectivity index (χ0v) is 17.7.